The van der Waals surface area contributed by atoms with Gasteiger partial charge in [-0.25, -0.2) is 4.79 Å². The molecule has 2 aromatic rings. The first kappa shape index (κ1) is 17.1. The second-order valence-electron chi connectivity index (χ2n) is 5.25. The average molecular weight is 333 g/mol. The highest BCUT2D eigenvalue weighted by Gasteiger charge is 2.19. The number of fused-ring (bicyclic) bond motifs is 1. The summed E-state index contributed by atoms with van der Waals surface area (Å²) < 4.78 is 5.36. The summed E-state index contributed by atoms with van der Waals surface area (Å²) in [5.74, 6) is -0.635. The highest BCUT2D eigenvalue weighted by atomic mass is 32.2. The number of carbonyl (C=O) groups is 2. The van der Waals surface area contributed by atoms with E-state index in [9.17, 15) is 14.7 Å². The number of benzene rings is 2. The van der Waals surface area contributed by atoms with E-state index in [1.165, 1.54) is 12.0 Å². The molecule has 0 aliphatic rings. The minimum Gasteiger partial charge on any atom is -0.495 e. The van der Waals surface area contributed by atoms with Crippen molar-refractivity contribution in [1.82, 2.24) is 4.90 Å². The van der Waals surface area contributed by atoms with Crippen molar-refractivity contribution in [3.63, 3.8) is 0 Å². The van der Waals surface area contributed by atoms with Gasteiger partial charge in [-0.05, 0) is 53.4 Å². The number of hydrogen-bond acceptors (Lipinski definition) is 4. The minimum absolute atomic E-state index is 0.0609. The Morgan fingerprint density at radius 1 is 1.26 bits per heavy atom. The molecule has 1 amide bonds. The summed E-state index contributed by atoms with van der Waals surface area (Å²) in [6, 6.07) is 7.33. The average Bonchev–Trinajstić information content (AvgIpc) is 2.52. The van der Waals surface area contributed by atoms with Gasteiger partial charge in [-0.3, -0.25) is 4.79 Å². The van der Waals surface area contributed by atoms with Gasteiger partial charge in [0.25, 0.3) is 5.24 Å². The smallest absolute Gasteiger partial charge is 0.339 e. The minimum atomic E-state index is -0.998. The van der Waals surface area contributed by atoms with Crippen molar-refractivity contribution in [2.75, 3.05) is 21.2 Å². The van der Waals surface area contributed by atoms with Crippen LogP contribution < -0.4 is 4.74 Å². The van der Waals surface area contributed by atoms with Crippen LogP contribution in [0.2, 0.25) is 0 Å². The molecule has 122 valence electrons. The maximum atomic E-state index is 11.8. The predicted octanol–water partition coefficient (Wildman–Crippen LogP) is 3.88. The highest BCUT2D eigenvalue weighted by Crippen LogP contribution is 2.35. The first-order valence-electron chi connectivity index (χ1n) is 7.15. The van der Waals surface area contributed by atoms with Crippen LogP contribution >= 0.6 is 11.8 Å². The van der Waals surface area contributed by atoms with Crippen LogP contribution in [0.5, 0.6) is 5.75 Å². The number of carboxylic acids is 1. The van der Waals surface area contributed by atoms with Crippen molar-refractivity contribution >= 4 is 33.7 Å². The lowest BCUT2D eigenvalue weighted by Gasteiger charge is -2.14. The summed E-state index contributed by atoms with van der Waals surface area (Å²) in [6.07, 6.45) is 0.585. The second kappa shape index (κ2) is 6.91. The van der Waals surface area contributed by atoms with Crippen molar-refractivity contribution in [3.05, 3.63) is 35.4 Å². The molecule has 0 fully saturated rings. The predicted molar refractivity (Wildman–Crippen MR) is 91.8 cm³/mol. The molecule has 6 heteroatoms. The molecule has 0 aliphatic heterocycles. The fourth-order valence-electron chi connectivity index (χ4n) is 2.39. The van der Waals surface area contributed by atoms with E-state index in [1.54, 1.807) is 26.2 Å². The number of ether oxygens (including phenoxy) is 1. The molecule has 0 saturated heterocycles. The van der Waals surface area contributed by atoms with E-state index in [1.807, 2.05) is 19.1 Å². The topological polar surface area (TPSA) is 66.8 Å². The Bertz CT molecular complexity index is 771. The summed E-state index contributed by atoms with van der Waals surface area (Å²) in [5.41, 5.74) is 0.912. The van der Waals surface area contributed by atoms with Crippen molar-refractivity contribution < 1.29 is 19.4 Å². The van der Waals surface area contributed by atoms with E-state index in [0.29, 0.717) is 17.7 Å². The Balaban J connectivity index is 2.62. The molecule has 1 N–H and O–H groups in total. The van der Waals surface area contributed by atoms with E-state index in [4.69, 9.17) is 4.74 Å². The van der Waals surface area contributed by atoms with Gasteiger partial charge in [0.2, 0.25) is 0 Å². The van der Waals surface area contributed by atoms with Crippen molar-refractivity contribution in [3.8, 4) is 5.75 Å². The van der Waals surface area contributed by atoms with E-state index < -0.39 is 5.97 Å². The van der Waals surface area contributed by atoms with Crippen LogP contribution in [0, 0.1) is 0 Å². The van der Waals surface area contributed by atoms with Gasteiger partial charge < -0.3 is 14.7 Å². The molecule has 0 aliphatic carbocycles. The van der Waals surface area contributed by atoms with E-state index in [2.05, 4.69) is 0 Å². The Labute approximate surface area is 139 Å². The molecule has 0 heterocycles. The highest BCUT2D eigenvalue weighted by molar-refractivity contribution is 8.13. The van der Waals surface area contributed by atoms with Gasteiger partial charge in [-0.1, -0.05) is 6.92 Å². The zero-order chi connectivity index (χ0) is 17.1. The summed E-state index contributed by atoms with van der Waals surface area (Å²) >= 11 is 1.13. The van der Waals surface area contributed by atoms with Crippen LogP contribution in [-0.4, -0.2) is 42.4 Å². The Kier molecular flexibility index (Phi) is 5.15. The summed E-state index contributed by atoms with van der Waals surface area (Å²) in [4.78, 5) is 25.7. The summed E-state index contributed by atoms with van der Waals surface area (Å²) in [7, 11) is 4.88. The molecular formula is C17H19NO4S. The van der Waals surface area contributed by atoms with E-state index in [0.717, 1.165) is 27.4 Å². The third kappa shape index (κ3) is 3.42. The molecule has 2 aromatic carbocycles. The number of hydrogen-bond donors (Lipinski definition) is 1. The lowest BCUT2D eigenvalue weighted by molar-refractivity contribution is 0.0692. The Hall–Kier alpha value is -2.21. The van der Waals surface area contributed by atoms with Crippen molar-refractivity contribution in [1.29, 1.82) is 0 Å². The number of aromatic carboxylic acids is 1. The van der Waals surface area contributed by atoms with Crippen LogP contribution in [-0.2, 0) is 6.42 Å². The normalized spacial score (nSPS) is 10.6. The lowest BCUT2D eigenvalue weighted by Crippen LogP contribution is -2.15. The molecule has 0 radical (unpaired) electrons. The maximum Gasteiger partial charge on any atom is 0.339 e. The third-order valence-corrected chi connectivity index (χ3v) is 4.54. The second-order valence-corrected chi connectivity index (χ2v) is 6.27. The van der Waals surface area contributed by atoms with Gasteiger partial charge in [0.05, 0.1) is 7.11 Å². The summed E-state index contributed by atoms with van der Waals surface area (Å²) in [5, 5.41) is 11.0. The Morgan fingerprint density at radius 2 is 1.96 bits per heavy atom. The quantitative estimate of drug-likeness (QED) is 0.860. The molecule has 0 spiro atoms. The number of carboxylic acid groups (broad SMARTS) is 1. The van der Waals surface area contributed by atoms with E-state index >= 15 is 0 Å². The molecule has 0 saturated carbocycles. The number of methoxy groups -OCH3 is 1. The molecule has 0 unspecified atom stereocenters. The van der Waals surface area contributed by atoms with Crippen molar-refractivity contribution in [2.24, 2.45) is 0 Å². The maximum absolute atomic E-state index is 11.8. The third-order valence-electron chi connectivity index (χ3n) is 3.51. The molecule has 5 nitrogen and oxygen atoms in total. The first-order valence-corrected chi connectivity index (χ1v) is 7.96. The van der Waals surface area contributed by atoms with Gasteiger partial charge in [0.1, 0.15) is 11.3 Å². The molecule has 2 rings (SSSR count). The van der Waals surface area contributed by atoms with Crippen LogP contribution in [0.1, 0.15) is 22.8 Å². The van der Waals surface area contributed by atoms with Crippen molar-refractivity contribution in [2.45, 2.75) is 18.2 Å². The fourth-order valence-corrected chi connectivity index (χ4v) is 3.09. The molecule has 0 atom stereocenters. The fraction of sp³-hybridized carbons (Fsp3) is 0.294. The zero-order valence-corrected chi connectivity index (χ0v) is 14.4. The standard InChI is InChI=1S/C17H19NO4S/c1-5-10-8-11-9-12(23-17(21)18(2)3)6-7-13(11)15(22-4)14(10)16(19)20/h6-9H,5H2,1-4H3,(H,19,20). The van der Waals surface area contributed by atoms with Gasteiger partial charge in [-0.15, -0.1) is 0 Å². The van der Waals surface area contributed by atoms with Gasteiger partial charge in [0, 0.05) is 24.4 Å². The number of carbonyl (C=O) groups excluding carboxylic acids is 1. The zero-order valence-electron chi connectivity index (χ0n) is 13.5. The number of aryl methyl sites for hydroxylation is 1. The largest absolute Gasteiger partial charge is 0.495 e. The number of thioether (sulfide) groups is 1. The van der Waals surface area contributed by atoms with Crippen LogP contribution in [0.25, 0.3) is 10.8 Å². The Morgan fingerprint density at radius 3 is 2.48 bits per heavy atom. The number of nitrogens with zero attached hydrogens (tertiary/aromatic N) is 1. The van der Waals surface area contributed by atoms with Crippen LogP contribution in [0.15, 0.2) is 29.2 Å². The number of amides is 1. The van der Waals surface area contributed by atoms with E-state index in [-0.39, 0.29) is 10.8 Å². The van der Waals surface area contributed by atoms with Gasteiger partial charge in [0.15, 0.2) is 0 Å². The molecule has 0 aromatic heterocycles. The van der Waals surface area contributed by atoms with Gasteiger partial charge >= 0.3 is 5.97 Å². The molecular weight excluding hydrogens is 314 g/mol. The lowest BCUT2D eigenvalue weighted by atomic mass is 9.97. The monoisotopic (exact) mass is 333 g/mol. The first-order chi connectivity index (χ1) is 10.9. The van der Waals surface area contributed by atoms with Crippen LogP contribution in [0.3, 0.4) is 0 Å². The van der Waals surface area contributed by atoms with Gasteiger partial charge in [-0.2, -0.15) is 0 Å². The SMILES string of the molecule is CCc1cc2cc(SC(=O)N(C)C)ccc2c(OC)c1C(=O)O. The van der Waals surface area contributed by atoms with Crippen LogP contribution in [0.4, 0.5) is 4.79 Å². The molecule has 23 heavy (non-hydrogen) atoms. The molecule has 0 bridgehead atoms. The summed E-state index contributed by atoms with van der Waals surface area (Å²) in [6.45, 7) is 1.90. The number of rotatable bonds is 4.